The third-order valence-electron chi connectivity index (χ3n) is 4.00. The summed E-state index contributed by atoms with van der Waals surface area (Å²) in [6.07, 6.45) is -0.934. The Kier molecular flexibility index (Phi) is 3.02. The number of rotatable bonds is 3. The highest BCUT2D eigenvalue weighted by Gasteiger charge is 2.45. The fourth-order valence-corrected chi connectivity index (χ4v) is 3.10. The van der Waals surface area contributed by atoms with Gasteiger partial charge in [0, 0.05) is 12.1 Å². The molecule has 0 aliphatic carbocycles. The molecule has 108 valence electrons. The summed E-state index contributed by atoms with van der Waals surface area (Å²) in [5, 5.41) is 9.80. The number of halogens is 3. The molecule has 2 fully saturated rings. The number of fused-ring (bicyclic) bond motifs is 2. The number of nitrogens with zero attached hydrogens (tertiary/aromatic N) is 3. The molecule has 1 amide bonds. The zero-order valence-electron chi connectivity index (χ0n) is 10.5. The second kappa shape index (κ2) is 4.60. The molecule has 3 rings (SSSR count). The van der Waals surface area contributed by atoms with Crippen molar-refractivity contribution in [3.8, 4) is 0 Å². The van der Waals surface area contributed by atoms with Crippen LogP contribution in [0, 0.1) is 0 Å². The lowest BCUT2D eigenvalue weighted by molar-refractivity contribution is -0.141. The molecule has 0 saturated carbocycles. The van der Waals surface area contributed by atoms with E-state index < -0.39 is 11.9 Å². The zero-order valence-corrected chi connectivity index (χ0v) is 10.5. The van der Waals surface area contributed by atoms with E-state index in [1.165, 1.54) is 6.07 Å². The third kappa shape index (κ3) is 2.19. The van der Waals surface area contributed by atoms with Crippen LogP contribution in [0.5, 0.6) is 0 Å². The Balaban J connectivity index is 1.69. The molecule has 2 saturated heterocycles. The number of hydrogen-bond acceptors (Lipinski definition) is 4. The Bertz CT molecular complexity index is 504. The number of anilines is 1. The van der Waals surface area contributed by atoms with Crippen molar-refractivity contribution in [3.63, 3.8) is 0 Å². The Hall–Kier alpha value is -1.86. The van der Waals surface area contributed by atoms with Crippen LogP contribution in [-0.4, -0.2) is 39.6 Å². The number of nitrogens with one attached hydrogen (secondary N) is 1. The smallest absolute Gasteiger partial charge is 0.364 e. The van der Waals surface area contributed by atoms with Crippen molar-refractivity contribution in [2.24, 2.45) is 0 Å². The number of alkyl halides is 3. The van der Waals surface area contributed by atoms with Gasteiger partial charge in [-0.25, -0.2) is 0 Å². The van der Waals surface area contributed by atoms with Gasteiger partial charge >= 0.3 is 6.18 Å². The quantitative estimate of drug-likeness (QED) is 0.859. The van der Waals surface area contributed by atoms with E-state index in [2.05, 4.69) is 15.5 Å². The van der Waals surface area contributed by atoms with Gasteiger partial charge in [-0.15, -0.1) is 10.2 Å². The van der Waals surface area contributed by atoms with Crippen molar-refractivity contribution in [2.45, 2.75) is 43.6 Å². The van der Waals surface area contributed by atoms with E-state index in [4.69, 9.17) is 0 Å². The fourth-order valence-electron chi connectivity index (χ4n) is 3.10. The van der Waals surface area contributed by atoms with Crippen LogP contribution in [0.25, 0.3) is 0 Å². The molecule has 5 nitrogen and oxygen atoms in total. The third-order valence-corrected chi connectivity index (χ3v) is 4.00. The average molecular weight is 286 g/mol. The molecular weight excluding hydrogens is 273 g/mol. The molecule has 1 N–H and O–H groups in total. The van der Waals surface area contributed by atoms with E-state index in [-0.39, 0.29) is 18.1 Å². The second-order valence-electron chi connectivity index (χ2n) is 5.14. The van der Waals surface area contributed by atoms with E-state index >= 15 is 0 Å². The molecule has 2 bridgehead atoms. The van der Waals surface area contributed by atoms with E-state index in [1.54, 1.807) is 4.90 Å². The number of carbonyl (C=O) groups excluding carboxylic acids is 1. The lowest BCUT2D eigenvalue weighted by atomic mass is 9.95. The maximum absolute atomic E-state index is 12.4. The summed E-state index contributed by atoms with van der Waals surface area (Å²) in [7, 11) is 0. The molecule has 20 heavy (non-hydrogen) atoms. The Morgan fingerprint density at radius 1 is 1.30 bits per heavy atom. The van der Waals surface area contributed by atoms with Crippen molar-refractivity contribution < 1.29 is 18.0 Å². The van der Waals surface area contributed by atoms with Gasteiger partial charge in [0.1, 0.15) is 5.82 Å². The highest BCUT2D eigenvalue weighted by atomic mass is 19.4. The van der Waals surface area contributed by atoms with Gasteiger partial charge in [-0.1, -0.05) is 0 Å². The standard InChI is InChI=1S/C12H13F3N4O/c13-12(14,15)10-3-4-11(18-17-10)16-8-5-7-1-2-9(8)19(7)6-20/h3-4,6-9H,1-2,5H2,(H,16,18). The largest absolute Gasteiger partial charge is 0.435 e. The molecule has 2 aliphatic rings. The summed E-state index contributed by atoms with van der Waals surface area (Å²) in [5.74, 6) is 0.307. The lowest BCUT2D eigenvalue weighted by Gasteiger charge is -2.22. The van der Waals surface area contributed by atoms with Crippen LogP contribution >= 0.6 is 0 Å². The zero-order chi connectivity index (χ0) is 14.3. The lowest BCUT2D eigenvalue weighted by Crippen LogP contribution is -2.35. The molecule has 3 unspecified atom stereocenters. The van der Waals surface area contributed by atoms with Gasteiger partial charge in [0.25, 0.3) is 0 Å². The van der Waals surface area contributed by atoms with E-state index in [0.29, 0.717) is 5.82 Å². The molecular formula is C12H13F3N4O. The summed E-state index contributed by atoms with van der Waals surface area (Å²) < 4.78 is 37.1. The molecule has 3 atom stereocenters. The first-order chi connectivity index (χ1) is 9.49. The molecule has 0 spiro atoms. The predicted octanol–water partition coefficient (Wildman–Crippen LogP) is 1.67. The minimum atomic E-state index is -4.48. The van der Waals surface area contributed by atoms with Crippen molar-refractivity contribution in [3.05, 3.63) is 17.8 Å². The molecule has 3 heterocycles. The summed E-state index contributed by atoms with van der Waals surface area (Å²) in [4.78, 5) is 12.8. The monoisotopic (exact) mass is 286 g/mol. The van der Waals surface area contributed by atoms with E-state index in [0.717, 1.165) is 31.7 Å². The summed E-state index contributed by atoms with van der Waals surface area (Å²) in [6.45, 7) is 0. The van der Waals surface area contributed by atoms with Crippen LogP contribution < -0.4 is 5.32 Å². The van der Waals surface area contributed by atoms with Gasteiger partial charge in [-0.3, -0.25) is 4.79 Å². The SMILES string of the molecule is O=CN1C2CCC1C(Nc1ccc(C(F)(F)F)nn1)C2. The van der Waals surface area contributed by atoms with Crippen LogP contribution in [0.3, 0.4) is 0 Å². The first-order valence-electron chi connectivity index (χ1n) is 6.39. The first-order valence-corrected chi connectivity index (χ1v) is 6.39. The summed E-state index contributed by atoms with van der Waals surface area (Å²) in [5.41, 5.74) is -1.01. The molecule has 1 aromatic rings. The van der Waals surface area contributed by atoms with Crippen LogP contribution in [0.2, 0.25) is 0 Å². The van der Waals surface area contributed by atoms with Crippen molar-refractivity contribution >= 4 is 12.2 Å². The Morgan fingerprint density at radius 2 is 2.10 bits per heavy atom. The van der Waals surface area contributed by atoms with Crippen molar-refractivity contribution in [1.29, 1.82) is 0 Å². The van der Waals surface area contributed by atoms with Crippen molar-refractivity contribution in [2.75, 3.05) is 5.32 Å². The van der Waals surface area contributed by atoms with Crippen LogP contribution in [0.15, 0.2) is 12.1 Å². The number of carbonyl (C=O) groups is 1. The van der Waals surface area contributed by atoms with E-state index in [9.17, 15) is 18.0 Å². The summed E-state index contributed by atoms with van der Waals surface area (Å²) in [6, 6.07) is 2.54. The van der Waals surface area contributed by atoms with Gasteiger partial charge < -0.3 is 10.2 Å². The van der Waals surface area contributed by atoms with Crippen molar-refractivity contribution in [1.82, 2.24) is 15.1 Å². The molecule has 8 heteroatoms. The number of hydrogen-bond donors (Lipinski definition) is 1. The van der Waals surface area contributed by atoms with Crippen LogP contribution in [0.1, 0.15) is 25.0 Å². The fraction of sp³-hybridized carbons (Fsp3) is 0.583. The van der Waals surface area contributed by atoms with Gasteiger partial charge in [-0.2, -0.15) is 13.2 Å². The maximum Gasteiger partial charge on any atom is 0.435 e. The number of aromatic nitrogens is 2. The highest BCUT2D eigenvalue weighted by Crippen LogP contribution is 2.37. The van der Waals surface area contributed by atoms with Gasteiger partial charge in [-0.05, 0) is 31.4 Å². The predicted molar refractivity (Wildman–Crippen MR) is 63.8 cm³/mol. The molecule has 0 aromatic carbocycles. The van der Waals surface area contributed by atoms with Gasteiger partial charge in [0.15, 0.2) is 5.69 Å². The Labute approximate surface area is 113 Å². The highest BCUT2D eigenvalue weighted by molar-refractivity contribution is 5.52. The summed E-state index contributed by atoms with van der Waals surface area (Å²) >= 11 is 0. The van der Waals surface area contributed by atoms with E-state index in [1.807, 2.05) is 0 Å². The normalized spacial score (nSPS) is 28.8. The first kappa shape index (κ1) is 13.1. The van der Waals surface area contributed by atoms with Crippen LogP contribution in [0.4, 0.5) is 19.0 Å². The topological polar surface area (TPSA) is 58.1 Å². The average Bonchev–Trinajstić information content (AvgIpc) is 2.94. The van der Waals surface area contributed by atoms with Crippen LogP contribution in [-0.2, 0) is 11.0 Å². The second-order valence-corrected chi connectivity index (χ2v) is 5.14. The molecule has 1 aromatic heterocycles. The Morgan fingerprint density at radius 3 is 2.65 bits per heavy atom. The minimum absolute atomic E-state index is 0.0324. The number of amides is 1. The minimum Gasteiger partial charge on any atom is -0.364 e. The maximum atomic E-state index is 12.4. The van der Waals surface area contributed by atoms with Gasteiger partial charge in [0.05, 0.1) is 6.04 Å². The van der Waals surface area contributed by atoms with Gasteiger partial charge in [0.2, 0.25) is 6.41 Å². The molecule has 0 radical (unpaired) electrons. The molecule has 2 aliphatic heterocycles.